The zero-order valence-electron chi connectivity index (χ0n) is 12.4. The molecule has 2 aromatic heterocycles. The SMILES string of the molecule is CCCNc1cn2ccnc2c(NC2CCCC2CO)n1. The second-order valence-electron chi connectivity index (χ2n) is 5.68. The van der Waals surface area contributed by atoms with Gasteiger partial charge in [-0.1, -0.05) is 13.3 Å². The van der Waals surface area contributed by atoms with Gasteiger partial charge in [0.25, 0.3) is 0 Å². The van der Waals surface area contributed by atoms with Crippen LogP contribution in [0.5, 0.6) is 0 Å². The Hall–Kier alpha value is -1.82. The molecule has 0 spiro atoms. The van der Waals surface area contributed by atoms with Crippen LogP contribution in [0.1, 0.15) is 32.6 Å². The molecule has 0 aromatic carbocycles. The summed E-state index contributed by atoms with van der Waals surface area (Å²) in [5.41, 5.74) is 0.834. The highest BCUT2D eigenvalue weighted by atomic mass is 16.3. The standard InChI is InChI=1S/C15H23N5O/c1-2-6-16-13-9-20-8-7-17-15(20)14(19-13)18-12-5-3-4-11(12)10-21/h7-9,11-12,16,21H,2-6,10H2,1H3,(H,18,19). The monoisotopic (exact) mass is 289 g/mol. The van der Waals surface area contributed by atoms with Crippen molar-refractivity contribution in [2.45, 2.75) is 38.6 Å². The highest BCUT2D eigenvalue weighted by Crippen LogP contribution is 2.29. The number of aliphatic hydroxyl groups excluding tert-OH is 1. The van der Waals surface area contributed by atoms with Crippen LogP contribution in [0.25, 0.3) is 5.65 Å². The molecule has 0 saturated heterocycles. The van der Waals surface area contributed by atoms with Crippen LogP contribution >= 0.6 is 0 Å². The van der Waals surface area contributed by atoms with Crippen LogP contribution in [0.2, 0.25) is 0 Å². The third-order valence-electron chi connectivity index (χ3n) is 4.15. The molecule has 1 aliphatic rings. The summed E-state index contributed by atoms with van der Waals surface area (Å²) in [5.74, 6) is 1.96. The Labute approximate surface area is 124 Å². The molecule has 2 heterocycles. The number of imidazole rings is 1. The molecule has 1 saturated carbocycles. The maximum atomic E-state index is 9.46. The Morgan fingerprint density at radius 3 is 3.14 bits per heavy atom. The van der Waals surface area contributed by atoms with Crippen LogP contribution in [-0.2, 0) is 0 Å². The number of anilines is 2. The first-order chi connectivity index (χ1) is 10.3. The lowest BCUT2D eigenvalue weighted by molar-refractivity contribution is 0.222. The van der Waals surface area contributed by atoms with Crippen molar-refractivity contribution in [2.24, 2.45) is 5.92 Å². The van der Waals surface area contributed by atoms with Gasteiger partial charge in [-0.15, -0.1) is 0 Å². The molecule has 6 nitrogen and oxygen atoms in total. The number of aromatic nitrogens is 3. The summed E-state index contributed by atoms with van der Waals surface area (Å²) < 4.78 is 1.98. The minimum absolute atomic E-state index is 0.232. The van der Waals surface area contributed by atoms with E-state index in [1.165, 1.54) is 0 Å². The van der Waals surface area contributed by atoms with Gasteiger partial charge in [0, 0.05) is 37.5 Å². The zero-order valence-corrected chi connectivity index (χ0v) is 12.4. The fourth-order valence-corrected chi connectivity index (χ4v) is 2.99. The van der Waals surface area contributed by atoms with Crippen molar-refractivity contribution in [3.63, 3.8) is 0 Å². The van der Waals surface area contributed by atoms with Crippen molar-refractivity contribution >= 4 is 17.3 Å². The van der Waals surface area contributed by atoms with Gasteiger partial charge in [-0.2, -0.15) is 0 Å². The maximum absolute atomic E-state index is 9.46. The van der Waals surface area contributed by atoms with Crippen molar-refractivity contribution in [3.8, 4) is 0 Å². The van der Waals surface area contributed by atoms with Gasteiger partial charge in [-0.3, -0.25) is 0 Å². The lowest BCUT2D eigenvalue weighted by Gasteiger charge is -2.20. The molecular weight excluding hydrogens is 266 g/mol. The first kappa shape index (κ1) is 14.1. The quantitative estimate of drug-likeness (QED) is 0.759. The average Bonchev–Trinajstić information content (AvgIpc) is 3.13. The predicted octanol–water partition coefficient (Wildman–Crippen LogP) is 2.12. The van der Waals surface area contributed by atoms with E-state index in [2.05, 4.69) is 27.5 Å². The molecule has 21 heavy (non-hydrogen) atoms. The molecular formula is C15H23N5O. The normalized spacial score (nSPS) is 21.8. The smallest absolute Gasteiger partial charge is 0.180 e. The van der Waals surface area contributed by atoms with Crippen LogP contribution in [0.3, 0.4) is 0 Å². The molecule has 1 fully saturated rings. The molecule has 114 valence electrons. The lowest BCUT2D eigenvalue weighted by atomic mass is 10.1. The van der Waals surface area contributed by atoms with Crippen LogP contribution in [0.15, 0.2) is 18.6 Å². The number of nitrogens with zero attached hydrogens (tertiary/aromatic N) is 3. The molecule has 0 bridgehead atoms. The Bertz CT molecular complexity index is 597. The number of hydrogen-bond acceptors (Lipinski definition) is 5. The summed E-state index contributed by atoms with van der Waals surface area (Å²) >= 11 is 0. The summed E-state index contributed by atoms with van der Waals surface area (Å²) in [4.78, 5) is 9.04. The summed E-state index contributed by atoms with van der Waals surface area (Å²) in [7, 11) is 0. The zero-order chi connectivity index (χ0) is 14.7. The van der Waals surface area contributed by atoms with Crippen LogP contribution in [0.4, 0.5) is 11.6 Å². The van der Waals surface area contributed by atoms with Gasteiger partial charge in [-0.05, 0) is 19.3 Å². The van der Waals surface area contributed by atoms with Crippen molar-refractivity contribution in [2.75, 3.05) is 23.8 Å². The largest absolute Gasteiger partial charge is 0.396 e. The van der Waals surface area contributed by atoms with Crippen LogP contribution in [0, 0.1) is 5.92 Å². The molecule has 3 N–H and O–H groups in total. The number of nitrogens with one attached hydrogen (secondary N) is 2. The summed E-state index contributed by atoms with van der Waals surface area (Å²) in [6, 6.07) is 0.282. The molecule has 1 aliphatic carbocycles. The van der Waals surface area contributed by atoms with Gasteiger partial charge in [0.05, 0.1) is 6.20 Å². The second kappa shape index (κ2) is 6.30. The van der Waals surface area contributed by atoms with Gasteiger partial charge < -0.3 is 20.1 Å². The third-order valence-corrected chi connectivity index (χ3v) is 4.15. The molecule has 0 aliphatic heterocycles. The first-order valence-corrected chi connectivity index (χ1v) is 7.76. The average molecular weight is 289 g/mol. The molecule has 2 aromatic rings. The van der Waals surface area contributed by atoms with E-state index < -0.39 is 0 Å². The number of rotatable bonds is 6. The molecule has 3 rings (SSSR count). The fourth-order valence-electron chi connectivity index (χ4n) is 2.99. The topological polar surface area (TPSA) is 74.5 Å². The Kier molecular flexibility index (Phi) is 4.24. The summed E-state index contributed by atoms with van der Waals surface area (Å²) in [6.45, 7) is 3.26. The van der Waals surface area contributed by atoms with E-state index in [1.54, 1.807) is 6.20 Å². The fraction of sp³-hybridized carbons (Fsp3) is 0.600. The van der Waals surface area contributed by atoms with E-state index in [9.17, 15) is 5.11 Å². The highest BCUT2D eigenvalue weighted by Gasteiger charge is 2.27. The maximum Gasteiger partial charge on any atom is 0.180 e. The van der Waals surface area contributed by atoms with Gasteiger partial charge in [-0.25, -0.2) is 9.97 Å². The second-order valence-corrected chi connectivity index (χ2v) is 5.68. The van der Waals surface area contributed by atoms with Crippen molar-refractivity contribution in [1.82, 2.24) is 14.4 Å². The molecule has 0 amide bonds. The molecule has 0 radical (unpaired) electrons. The summed E-state index contributed by atoms with van der Waals surface area (Å²) in [5, 5.41) is 16.3. The van der Waals surface area contributed by atoms with Gasteiger partial charge in [0.15, 0.2) is 11.5 Å². The van der Waals surface area contributed by atoms with Crippen molar-refractivity contribution in [1.29, 1.82) is 0 Å². The number of hydrogen-bond donors (Lipinski definition) is 3. The number of fused-ring (bicyclic) bond motifs is 1. The molecule has 2 unspecified atom stereocenters. The van der Waals surface area contributed by atoms with Crippen molar-refractivity contribution < 1.29 is 5.11 Å². The van der Waals surface area contributed by atoms with E-state index in [0.29, 0.717) is 5.92 Å². The lowest BCUT2D eigenvalue weighted by Crippen LogP contribution is -2.27. The van der Waals surface area contributed by atoms with E-state index in [1.807, 2.05) is 16.8 Å². The summed E-state index contributed by atoms with van der Waals surface area (Å²) in [6.07, 6.45) is 10.0. The van der Waals surface area contributed by atoms with Crippen molar-refractivity contribution in [3.05, 3.63) is 18.6 Å². The van der Waals surface area contributed by atoms with Gasteiger partial charge in [0.1, 0.15) is 5.82 Å². The van der Waals surface area contributed by atoms with Crippen LogP contribution < -0.4 is 10.6 Å². The Morgan fingerprint density at radius 1 is 1.43 bits per heavy atom. The van der Waals surface area contributed by atoms with Gasteiger partial charge in [0.2, 0.25) is 0 Å². The van der Waals surface area contributed by atoms with E-state index in [4.69, 9.17) is 0 Å². The van der Waals surface area contributed by atoms with Gasteiger partial charge >= 0.3 is 0 Å². The predicted molar refractivity (Wildman–Crippen MR) is 83.6 cm³/mol. The minimum atomic E-state index is 0.232. The van der Waals surface area contributed by atoms with Crippen LogP contribution in [-0.4, -0.2) is 38.7 Å². The Morgan fingerprint density at radius 2 is 2.33 bits per heavy atom. The molecule has 2 atom stereocenters. The minimum Gasteiger partial charge on any atom is -0.396 e. The van der Waals surface area contributed by atoms with E-state index >= 15 is 0 Å². The Balaban J connectivity index is 1.87. The molecule has 6 heteroatoms. The third kappa shape index (κ3) is 2.95. The first-order valence-electron chi connectivity index (χ1n) is 7.76. The van der Waals surface area contributed by atoms with E-state index in [0.717, 1.165) is 49.5 Å². The number of aliphatic hydroxyl groups is 1. The highest BCUT2D eigenvalue weighted by molar-refractivity contribution is 5.65. The van der Waals surface area contributed by atoms with E-state index in [-0.39, 0.29) is 12.6 Å².